The highest BCUT2D eigenvalue weighted by atomic mass is 32.2. The molecule has 2 N–H and O–H groups in total. The third-order valence-corrected chi connectivity index (χ3v) is 8.96. The number of nitrogens with one attached hydrogen (secondary N) is 2. The van der Waals surface area contributed by atoms with E-state index in [1.54, 1.807) is 24.7 Å². The van der Waals surface area contributed by atoms with Gasteiger partial charge in [-0.25, -0.2) is 9.98 Å². The largest absolute Gasteiger partial charge is 0.497 e. The van der Waals surface area contributed by atoms with Crippen molar-refractivity contribution >= 4 is 51.8 Å². The molecule has 0 saturated carbocycles. The maximum absolute atomic E-state index is 14.0. The fourth-order valence-corrected chi connectivity index (χ4v) is 6.90. The Balaban J connectivity index is 1.26. The standard InChI is InChI=1S/C33H25N5O4S2/c1-19-28(30(39)35-21-8-4-3-5-9-21)29(20-12-14-22(41-2)15-13-20)38-31(40)26(43-33(38)34-19)18-23-16-17-27(42-23)44-32-36-24-10-6-7-11-25(24)37-32/h3-18,29H,1-2H3,(H,35,39)(H,36,37)/b26-18+/t29-/m1/s1. The number of nitrogens with zero attached hydrogens (tertiary/aromatic N) is 3. The van der Waals surface area contributed by atoms with Crippen LogP contribution < -0.4 is 24.9 Å². The number of para-hydroxylation sites is 3. The number of thiazole rings is 1. The van der Waals surface area contributed by atoms with Gasteiger partial charge in [-0.15, -0.1) is 0 Å². The zero-order valence-corrected chi connectivity index (χ0v) is 25.2. The van der Waals surface area contributed by atoms with Gasteiger partial charge in [-0.2, -0.15) is 0 Å². The number of allylic oxidation sites excluding steroid dienone is 1. The Morgan fingerprint density at radius 1 is 1.05 bits per heavy atom. The molecule has 6 aromatic rings. The number of furan rings is 1. The van der Waals surface area contributed by atoms with Gasteiger partial charge >= 0.3 is 0 Å². The second-order valence-electron chi connectivity index (χ2n) is 9.99. The van der Waals surface area contributed by atoms with E-state index in [1.165, 1.54) is 23.1 Å². The summed E-state index contributed by atoms with van der Waals surface area (Å²) in [4.78, 5) is 40.8. The zero-order chi connectivity index (χ0) is 30.2. The number of imidazole rings is 1. The lowest BCUT2D eigenvalue weighted by Crippen LogP contribution is -2.40. The number of fused-ring (bicyclic) bond motifs is 2. The molecule has 0 bridgehead atoms. The number of amides is 1. The Kier molecular flexibility index (Phi) is 7.24. The van der Waals surface area contributed by atoms with E-state index in [4.69, 9.17) is 14.1 Å². The van der Waals surface area contributed by atoms with Crippen LogP contribution in [-0.4, -0.2) is 27.6 Å². The molecule has 11 heteroatoms. The monoisotopic (exact) mass is 619 g/mol. The second kappa shape index (κ2) is 11.5. The lowest BCUT2D eigenvalue weighted by molar-refractivity contribution is -0.113. The van der Waals surface area contributed by atoms with Crippen molar-refractivity contribution in [3.05, 3.63) is 133 Å². The van der Waals surface area contributed by atoms with Crippen LogP contribution in [0.25, 0.3) is 17.1 Å². The second-order valence-corrected chi connectivity index (χ2v) is 12.0. The number of hydrogen-bond acceptors (Lipinski definition) is 8. The molecule has 3 aromatic heterocycles. The molecule has 1 aliphatic heterocycles. The first kappa shape index (κ1) is 27.7. The van der Waals surface area contributed by atoms with E-state index >= 15 is 0 Å². The highest BCUT2D eigenvalue weighted by molar-refractivity contribution is 7.99. The van der Waals surface area contributed by atoms with Crippen molar-refractivity contribution < 1.29 is 13.9 Å². The van der Waals surface area contributed by atoms with E-state index in [0.29, 0.717) is 48.0 Å². The molecule has 3 aromatic carbocycles. The van der Waals surface area contributed by atoms with Crippen LogP contribution in [-0.2, 0) is 4.79 Å². The van der Waals surface area contributed by atoms with Gasteiger partial charge in [-0.1, -0.05) is 53.8 Å². The number of H-pyrrole nitrogens is 1. The van der Waals surface area contributed by atoms with Crippen molar-refractivity contribution in [2.75, 3.05) is 12.4 Å². The van der Waals surface area contributed by atoms with Gasteiger partial charge in [0.1, 0.15) is 11.5 Å². The Morgan fingerprint density at radius 2 is 1.82 bits per heavy atom. The minimum atomic E-state index is -0.696. The lowest BCUT2D eigenvalue weighted by atomic mass is 9.95. The fraction of sp³-hybridized carbons (Fsp3) is 0.0909. The Bertz CT molecular complexity index is 2190. The quantitative estimate of drug-likeness (QED) is 0.244. The number of carbonyl (C=O) groups excluding carboxylic acids is 1. The molecule has 0 unspecified atom stereocenters. The van der Waals surface area contributed by atoms with Crippen molar-refractivity contribution in [2.24, 2.45) is 4.99 Å². The molecular formula is C33H25N5O4S2. The SMILES string of the molecule is COc1ccc([C@@H]2C(C(=O)Nc3ccccc3)=C(C)N=c3s/c(=C/c4ccc(Sc5nc6ccccc6[nH]5)o4)c(=O)n32)cc1. The topological polar surface area (TPSA) is 115 Å². The minimum absolute atomic E-state index is 0.269. The summed E-state index contributed by atoms with van der Waals surface area (Å²) >= 11 is 2.62. The molecule has 1 aliphatic rings. The van der Waals surface area contributed by atoms with Crippen LogP contribution >= 0.6 is 23.1 Å². The molecule has 0 spiro atoms. The van der Waals surface area contributed by atoms with Crippen LogP contribution in [0, 0.1) is 0 Å². The number of aromatic amines is 1. The van der Waals surface area contributed by atoms with Gasteiger partial charge in [0.25, 0.3) is 11.5 Å². The van der Waals surface area contributed by atoms with Crippen LogP contribution in [0.15, 0.2) is 127 Å². The molecule has 44 heavy (non-hydrogen) atoms. The smallest absolute Gasteiger partial charge is 0.271 e. The predicted molar refractivity (Wildman–Crippen MR) is 171 cm³/mol. The Morgan fingerprint density at radius 3 is 2.59 bits per heavy atom. The average Bonchev–Trinajstić information content (AvgIpc) is 3.74. The number of aromatic nitrogens is 3. The molecule has 1 amide bonds. The van der Waals surface area contributed by atoms with Crippen LogP contribution in [0.1, 0.15) is 24.3 Å². The first-order valence-electron chi connectivity index (χ1n) is 13.7. The van der Waals surface area contributed by atoms with Gasteiger partial charge in [0, 0.05) is 11.8 Å². The number of methoxy groups -OCH3 is 1. The van der Waals surface area contributed by atoms with E-state index in [-0.39, 0.29) is 11.5 Å². The summed E-state index contributed by atoms with van der Waals surface area (Å²) in [6, 6.07) is 27.3. The van der Waals surface area contributed by atoms with Crippen LogP contribution in [0.3, 0.4) is 0 Å². The van der Waals surface area contributed by atoms with E-state index in [9.17, 15) is 9.59 Å². The van der Waals surface area contributed by atoms with Gasteiger partial charge < -0.3 is 19.5 Å². The molecule has 0 fully saturated rings. The van der Waals surface area contributed by atoms with Gasteiger partial charge in [-0.3, -0.25) is 14.2 Å². The molecule has 0 saturated heterocycles. The van der Waals surface area contributed by atoms with E-state index < -0.39 is 6.04 Å². The highest BCUT2D eigenvalue weighted by Gasteiger charge is 2.32. The van der Waals surface area contributed by atoms with Crippen molar-refractivity contribution in [1.29, 1.82) is 0 Å². The summed E-state index contributed by atoms with van der Waals surface area (Å²) in [5.74, 6) is 0.866. The van der Waals surface area contributed by atoms with Gasteiger partial charge in [0.15, 0.2) is 15.1 Å². The molecule has 7 rings (SSSR count). The van der Waals surface area contributed by atoms with E-state index in [1.807, 2.05) is 91.0 Å². The number of rotatable bonds is 7. The molecule has 0 aliphatic carbocycles. The third-order valence-electron chi connectivity index (χ3n) is 7.17. The summed E-state index contributed by atoms with van der Waals surface area (Å²) in [7, 11) is 1.59. The summed E-state index contributed by atoms with van der Waals surface area (Å²) in [6.07, 6.45) is 1.71. The summed E-state index contributed by atoms with van der Waals surface area (Å²) in [5, 5.41) is 4.31. The van der Waals surface area contributed by atoms with Crippen LogP contribution in [0.5, 0.6) is 5.75 Å². The summed E-state index contributed by atoms with van der Waals surface area (Å²) in [6.45, 7) is 1.79. The lowest BCUT2D eigenvalue weighted by Gasteiger charge is -2.25. The van der Waals surface area contributed by atoms with Crippen LogP contribution in [0.4, 0.5) is 5.69 Å². The third kappa shape index (κ3) is 5.27. The molecule has 4 heterocycles. The fourth-order valence-electron chi connectivity index (χ4n) is 5.10. The van der Waals surface area contributed by atoms with Crippen molar-refractivity contribution in [3.63, 3.8) is 0 Å². The van der Waals surface area contributed by atoms with Crippen molar-refractivity contribution in [2.45, 2.75) is 23.2 Å². The number of hydrogen-bond donors (Lipinski definition) is 2. The summed E-state index contributed by atoms with van der Waals surface area (Å²) in [5.41, 5.74) is 3.89. The number of anilines is 1. The predicted octanol–water partition coefficient (Wildman–Crippen LogP) is 5.50. The van der Waals surface area contributed by atoms with Gasteiger partial charge in [-0.05, 0) is 72.8 Å². The minimum Gasteiger partial charge on any atom is -0.497 e. The number of ether oxygens (including phenoxy) is 1. The van der Waals surface area contributed by atoms with Gasteiger partial charge in [0.05, 0.1) is 40.0 Å². The van der Waals surface area contributed by atoms with Crippen molar-refractivity contribution in [1.82, 2.24) is 14.5 Å². The van der Waals surface area contributed by atoms with Gasteiger partial charge in [0.2, 0.25) is 0 Å². The maximum Gasteiger partial charge on any atom is 0.271 e. The molecular weight excluding hydrogens is 595 g/mol. The Labute approximate surface area is 259 Å². The van der Waals surface area contributed by atoms with Crippen molar-refractivity contribution in [3.8, 4) is 5.75 Å². The average molecular weight is 620 g/mol. The first-order chi connectivity index (χ1) is 21.5. The number of carbonyl (C=O) groups is 1. The van der Waals surface area contributed by atoms with E-state index in [2.05, 4.69) is 15.3 Å². The first-order valence-corrected chi connectivity index (χ1v) is 15.4. The van der Waals surface area contributed by atoms with E-state index in [0.717, 1.165) is 16.6 Å². The highest BCUT2D eigenvalue weighted by Crippen LogP contribution is 2.32. The molecule has 0 radical (unpaired) electrons. The Hall–Kier alpha value is -5.13. The maximum atomic E-state index is 14.0. The normalized spacial score (nSPS) is 14.9. The zero-order valence-electron chi connectivity index (χ0n) is 23.6. The van der Waals surface area contributed by atoms with Crippen LogP contribution in [0.2, 0.25) is 0 Å². The molecule has 1 atom stereocenters. The summed E-state index contributed by atoms with van der Waals surface area (Å²) < 4.78 is 13.4. The molecule has 218 valence electrons. The molecule has 9 nitrogen and oxygen atoms in total. The number of benzene rings is 3.